The van der Waals surface area contributed by atoms with E-state index in [2.05, 4.69) is 0 Å². The first-order valence-corrected chi connectivity index (χ1v) is 6.44. The first-order chi connectivity index (χ1) is 9.99. The summed E-state index contributed by atoms with van der Waals surface area (Å²) in [6.07, 6.45) is 0. The second-order valence-electron chi connectivity index (χ2n) is 4.89. The van der Waals surface area contributed by atoms with Gasteiger partial charge in [-0.3, -0.25) is 0 Å². The van der Waals surface area contributed by atoms with Gasteiger partial charge >= 0.3 is 0 Å². The Morgan fingerprint density at radius 3 is 2.43 bits per heavy atom. The quantitative estimate of drug-likeness (QED) is 0.836. The lowest BCUT2D eigenvalue weighted by Crippen LogP contribution is -2.11. The molecule has 0 spiro atoms. The molecule has 3 nitrogen and oxygen atoms in total. The fourth-order valence-corrected chi connectivity index (χ4v) is 1.94. The van der Waals surface area contributed by atoms with Crippen LogP contribution in [0.4, 0.5) is 8.78 Å². The van der Waals surface area contributed by atoms with E-state index in [1.807, 2.05) is 19.0 Å². The molecule has 0 saturated carbocycles. The third-order valence-electron chi connectivity index (χ3n) is 2.86. The van der Waals surface area contributed by atoms with Crippen molar-refractivity contribution in [2.45, 2.75) is 6.54 Å². The van der Waals surface area contributed by atoms with Crippen molar-refractivity contribution in [3.05, 3.63) is 53.6 Å². The largest absolute Gasteiger partial charge is 0.494 e. The predicted molar refractivity (Wildman–Crippen MR) is 76.8 cm³/mol. The highest BCUT2D eigenvalue weighted by Crippen LogP contribution is 2.30. The van der Waals surface area contributed by atoms with Crippen LogP contribution in [-0.4, -0.2) is 26.1 Å². The van der Waals surface area contributed by atoms with Crippen LogP contribution < -0.4 is 9.47 Å². The van der Waals surface area contributed by atoms with Crippen molar-refractivity contribution in [1.29, 1.82) is 0 Å². The lowest BCUT2D eigenvalue weighted by molar-refractivity contribution is 0.376. The van der Waals surface area contributed by atoms with Crippen molar-refractivity contribution in [2.24, 2.45) is 0 Å². The maximum Gasteiger partial charge on any atom is 0.165 e. The van der Waals surface area contributed by atoms with Gasteiger partial charge in [-0.05, 0) is 44.4 Å². The van der Waals surface area contributed by atoms with Crippen LogP contribution in [0.15, 0.2) is 36.4 Å². The van der Waals surface area contributed by atoms with Crippen LogP contribution in [0.1, 0.15) is 5.56 Å². The molecule has 0 heterocycles. The van der Waals surface area contributed by atoms with Crippen LogP contribution in [-0.2, 0) is 6.54 Å². The van der Waals surface area contributed by atoms with Crippen LogP contribution in [0.2, 0.25) is 0 Å². The molecule has 21 heavy (non-hydrogen) atoms. The number of rotatable bonds is 5. The Morgan fingerprint density at radius 2 is 1.76 bits per heavy atom. The second kappa shape index (κ2) is 6.54. The van der Waals surface area contributed by atoms with Crippen molar-refractivity contribution in [3.63, 3.8) is 0 Å². The third-order valence-corrected chi connectivity index (χ3v) is 2.86. The average Bonchev–Trinajstić information content (AvgIpc) is 2.43. The molecule has 0 N–H and O–H groups in total. The molecule has 0 aliphatic rings. The minimum absolute atomic E-state index is 0.101. The van der Waals surface area contributed by atoms with Gasteiger partial charge in [0, 0.05) is 18.2 Å². The Hall–Kier alpha value is -2.14. The minimum atomic E-state index is -0.461. The summed E-state index contributed by atoms with van der Waals surface area (Å²) in [6, 6.07) is 8.54. The molecule has 0 amide bonds. The highest BCUT2D eigenvalue weighted by molar-refractivity contribution is 5.41. The van der Waals surface area contributed by atoms with Gasteiger partial charge in [-0.25, -0.2) is 8.78 Å². The van der Waals surface area contributed by atoms with Gasteiger partial charge in [-0.15, -0.1) is 0 Å². The summed E-state index contributed by atoms with van der Waals surface area (Å²) >= 11 is 0. The molecule has 0 aromatic heterocycles. The minimum Gasteiger partial charge on any atom is -0.494 e. The predicted octanol–water partition coefficient (Wildman–Crippen LogP) is 3.83. The first-order valence-electron chi connectivity index (χ1n) is 6.44. The summed E-state index contributed by atoms with van der Waals surface area (Å²) in [5.74, 6) is 0.274. The highest BCUT2D eigenvalue weighted by atomic mass is 19.1. The Balaban J connectivity index is 2.30. The van der Waals surface area contributed by atoms with E-state index in [1.54, 1.807) is 6.07 Å². The number of nitrogens with zero attached hydrogens (tertiary/aromatic N) is 1. The number of benzene rings is 2. The Labute approximate surface area is 122 Å². The maximum atomic E-state index is 13.4. The van der Waals surface area contributed by atoms with Crippen LogP contribution in [0.25, 0.3) is 0 Å². The summed E-state index contributed by atoms with van der Waals surface area (Å²) in [5.41, 5.74) is 0.711. The van der Waals surface area contributed by atoms with E-state index in [9.17, 15) is 8.78 Å². The van der Waals surface area contributed by atoms with Crippen LogP contribution in [0, 0.1) is 11.6 Å². The summed E-state index contributed by atoms with van der Waals surface area (Å²) in [4.78, 5) is 1.91. The summed E-state index contributed by atoms with van der Waals surface area (Å²) in [6.45, 7) is 0.533. The van der Waals surface area contributed by atoms with Crippen molar-refractivity contribution >= 4 is 0 Å². The number of hydrogen-bond acceptors (Lipinski definition) is 3. The monoisotopic (exact) mass is 293 g/mol. The zero-order chi connectivity index (χ0) is 15.4. The molecule has 5 heteroatoms. The van der Waals surface area contributed by atoms with E-state index < -0.39 is 5.82 Å². The Morgan fingerprint density at radius 1 is 1.00 bits per heavy atom. The first kappa shape index (κ1) is 15.3. The fraction of sp³-hybridized carbons (Fsp3) is 0.250. The molecule has 0 saturated heterocycles. The number of methoxy groups -OCH3 is 1. The molecule has 0 aliphatic heterocycles. The highest BCUT2D eigenvalue weighted by Gasteiger charge is 2.10. The van der Waals surface area contributed by atoms with E-state index in [0.717, 1.165) is 0 Å². The van der Waals surface area contributed by atoms with Gasteiger partial charge in [-0.2, -0.15) is 0 Å². The molecule has 0 atom stereocenters. The number of ether oxygens (including phenoxy) is 2. The lowest BCUT2D eigenvalue weighted by Gasteiger charge is -2.15. The third kappa shape index (κ3) is 3.92. The molecule has 0 fully saturated rings. The van der Waals surface area contributed by atoms with Crippen LogP contribution >= 0.6 is 0 Å². The average molecular weight is 293 g/mol. The van der Waals surface area contributed by atoms with E-state index in [1.165, 1.54) is 37.4 Å². The molecular weight excluding hydrogens is 276 g/mol. The number of hydrogen-bond donors (Lipinski definition) is 0. The zero-order valence-electron chi connectivity index (χ0n) is 12.2. The van der Waals surface area contributed by atoms with E-state index in [4.69, 9.17) is 9.47 Å². The van der Waals surface area contributed by atoms with Crippen molar-refractivity contribution < 1.29 is 18.3 Å². The molecule has 2 aromatic rings. The van der Waals surface area contributed by atoms with E-state index in [-0.39, 0.29) is 11.6 Å². The van der Waals surface area contributed by atoms with Gasteiger partial charge in [0.25, 0.3) is 0 Å². The van der Waals surface area contributed by atoms with Gasteiger partial charge < -0.3 is 14.4 Å². The molecule has 0 unspecified atom stereocenters. The molecule has 2 rings (SSSR count). The van der Waals surface area contributed by atoms with Gasteiger partial charge in [0.1, 0.15) is 17.3 Å². The van der Waals surface area contributed by atoms with Crippen molar-refractivity contribution in [3.8, 4) is 17.2 Å². The molecule has 2 aromatic carbocycles. The number of halogens is 2. The molecule has 112 valence electrons. The molecule has 0 radical (unpaired) electrons. The van der Waals surface area contributed by atoms with Gasteiger partial charge in [0.05, 0.1) is 7.11 Å². The van der Waals surface area contributed by atoms with Crippen LogP contribution in [0.3, 0.4) is 0 Å². The van der Waals surface area contributed by atoms with E-state index in [0.29, 0.717) is 23.6 Å². The van der Waals surface area contributed by atoms with E-state index >= 15 is 0 Å². The maximum absolute atomic E-state index is 13.4. The summed E-state index contributed by atoms with van der Waals surface area (Å²) < 4.78 is 37.4. The molecule has 0 aliphatic carbocycles. The Bertz CT molecular complexity index is 630. The van der Waals surface area contributed by atoms with Crippen LogP contribution in [0.5, 0.6) is 17.2 Å². The van der Waals surface area contributed by atoms with Crippen molar-refractivity contribution in [1.82, 2.24) is 4.90 Å². The zero-order valence-corrected chi connectivity index (χ0v) is 12.2. The SMILES string of the molecule is COc1cc(Oc2ccc(F)cc2CN(C)C)ccc1F. The van der Waals surface area contributed by atoms with Gasteiger partial charge in [0.15, 0.2) is 11.6 Å². The summed E-state index contributed by atoms with van der Waals surface area (Å²) in [5, 5.41) is 0. The van der Waals surface area contributed by atoms with Gasteiger partial charge in [-0.1, -0.05) is 0 Å². The topological polar surface area (TPSA) is 21.7 Å². The molecule has 0 bridgehead atoms. The Kier molecular flexibility index (Phi) is 4.75. The van der Waals surface area contributed by atoms with Gasteiger partial charge in [0.2, 0.25) is 0 Å². The lowest BCUT2D eigenvalue weighted by atomic mass is 10.2. The second-order valence-corrected chi connectivity index (χ2v) is 4.89. The summed E-state index contributed by atoms with van der Waals surface area (Å²) in [7, 11) is 5.16. The fourth-order valence-electron chi connectivity index (χ4n) is 1.94. The molecular formula is C16H17F2NO2. The normalized spacial score (nSPS) is 10.8. The smallest absolute Gasteiger partial charge is 0.165 e. The van der Waals surface area contributed by atoms with Crippen molar-refractivity contribution in [2.75, 3.05) is 21.2 Å². The standard InChI is InChI=1S/C16H17F2NO2/c1-19(2)10-11-8-12(17)4-7-15(11)21-13-5-6-14(18)16(9-13)20-3/h4-9H,10H2,1-3H3.